The number of rotatable bonds is 5. The van der Waals surface area contributed by atoms with Gasteiger partial charge in [0.25, 0.3) is 0 Å². The van der Waals surface area contributed by atoms with Crippen LogP contribution in [0, 0.1) is 0 Å². The standard InChI is InChI=1S/C19H18ClN3O3S/c1-2-26-18(24)21-16-5-3-4-13(10-16)11-23-19(25)27-12-17(22-23)14-6-8-15(20)9-7-14/h3-10H,2,11-12H2,1H3,(H,21,24). The Morgan fingerprint density at radius 3 is 2.81 bits per heavy atom. The Bertz CT molecular complexity index is 871. The van der Waals surface area contributed by atoms with E-state index in [1.165, 1.54) is 16.8 Å². The normalized spacial score (nSPS) is 13.9. The van der Waals surface area contributed by atoms with Crippen molar-refractivity contribution in [2.45, 2.75) is 13.5 Å². The molecule has 2 amide bonds. The number of hydrogen-bond acceptors (Lipinski definition) is 5. The Balaban J connectivity index is 1.75. The number of ether oxygens (including phenoxy) is 1. The first-order valence-electron chi connectivity index (χ1n) is 8.35. The van der Waals surface area contributed by atoms with Crippen LogP contribution >= 0.6 is 23.4 Å². The van der Waals surface area contributed by atoms with Crippen molar-refractivity contribution >= 4 is 46.1 Å². The van der Waals surface area contributed by atoms with Gasteiger partial charge >= 0.3 is 11.3 Å². The number of nitrogens with one attached hydrogen (secondary N) is 1. The zero-order valence-electron chi connectivity index (χ0n) is 14.6. The van der Waals surface area contributed by atoms with Crippen LogP contribution in [0.5, 0.6) is 0 Å². The lowest BCUT2D eigenvalue weighted by atomic mass is 10.1. The highest BCUT2D eigenvalue weighted by atomic mass is 35.5. The molecule has 0 fully saturated rings. The number of benzene rings is 2. The number of carbonyl (C=O) groups excluding carboxylic acids is 2. The number of halogens is 1. The maximum Gasteiger partial charge on any atom is 0.411 e. The monoisotopic (exact) mass is 403 g/mol. The Morgan fingerprint density at radius 1 is 1.30 bits per heavy atom. The van der Waals surface area contributed by atoms with Crippen molar-refractivity contribution in [1.82, 2.24) is 5.01 Å². The second kappa shape index (κ2) is 8.92. The lowest BCUT2D eigenvalue weighted by Crippen LogP contribution is -2.29. The molecule has 27 heavy (non-hydrogen) atoms. The third kappa shape index (κ3) is 5.24. The van der Waals surface area contributed by atoms with Crippen LogP contribution in [0.4, 0.5) is 15.3 Å². The van der Waals surface area contributed by atoms with E-state index in [-0.39, 0.29) is 5.24 Å². The highest BCUT2D eigenvalue weighted by Crippen LogP contribution is 2.23. The third-order valence-corrected chi connectivity index (χ3v) is 4.87. The first-order chi connectivity index (χ1) is 13.0. The van der Waals surface area contributed by atoms with E-state index in [4.69, 9.17) is 16.3 Å². The number of hydrogen-bond donors (Lipinski definition) is 1. The molecule has 1 aliphatic rings. The Hall–Kier alpha value is -2.51. The highest BCUT2D eigenvalue weighted by Gasteiger charge is 2.22. The zero-order chi connectivity index (χ0) is 19.2. The Morgan fingerprint density at radius 2 is 2.07 bits per heavy atom. The van der Waals surface area contributed by atoms with Crippen LogP contribution in [0.25, 0.3) is 0 Å². The average molecular weight is 404 g/mol. The lowest BCUT2D eigenvalue weighted by molar-refractivity contribution is 0.168. The van der Waals surface area contributed by atoms with Crippen LogP contribution < -0.4 is 5.32 Å². The van der Waals surface area contributed by atoms with Gasteiger partial charge in [0, 0.05) is 16.5 Å². The van der Waals surface area contributed by atoms with Gasteiger partial charge < -0.3 is 4.74 Å². The van der Waals surface area contributed by atoms with E-state index >= 15 is 0 Å². The van der Waals surface area contributed by atoms with Crippen LogP contribution in [0.2, 0.25) is 5.02 Å². The minimum absolute atomic E-state index is 0.114. The summed E-state index contributed by atoms with van der Waals surface area (Å²) >= 11 is 7.14. The summed E-state index contributed by atoms with van der Waals surface area (Å²) in [7, 11) is 0. The molecule has 0 saturated heterocycles. The quantitative estimate of drug-likeness (QED) is 0.764. The summed E-state index contributed by atoms with van der Waals surface area (Å²) < 4.78 is 4.87. The number of thioether (sulfide) groups is 1. The lowest BCUT2D eigenvalue weighted by Gasteiger charge is -2.23. The molecule has 0 aliphatic carbocycles. The predicted molar refractivity (Wildman–Crippen MR) is 108 cm³/mol. The van der Waals surface area contributed by atoms with Gasteiger partial charge in [0.15, 0.2) is 0 Å². The van der Waals surface area contributed by atoms with Crippen LogP contribution in [0.15, 0.2) is 53.6 Å². The van der Waals surface area contributed by atoms with Crippen molar-refractivity contribution in [3.8, 4) is 0 Å². The molecule has 140 valence electrons. The van der Waals surface area contributed by atoms with E-state index in [9.17, 15) is 9.59 Å². The van der Waals surface area contributed by atoms with Crippen molar-refractivity contribution in [1.29, 1.82) is 0 Å². The van der Waals surface area contributed by atoms with Gasteiger partial charge in [0.1, 0.15) is 0 Å². The molecule has 0 atom stereocenters. The van der Waals surface area contributed by atoms with Gasteiger partial charge in [-0.25, -0.2) is 9.80 Å². The smallest absolute Gasteiger partial charge is 0.411 e. The number of anilines is 1. The molecule has 0 radical (unpaired) electrons. The fraction of sp³-hybridized carbons (Fsp3) is 0.211. The molecule has 6 nitrogen and oxygen atoms in total. The molecule has 8 heteroatoms. The molecule has 3 rings (SSSR count). The first-order valence-corrected chi connectivity index (χ1v) is 9.72. The number of nitrogens with zero attached hydrogens (tertiary/aromatic N) is 2. The summed E-state index contributed by atoms with van der Waals surface area (Å²) in [6, 6.07) is 14.6. The predicted octanol–water partition coefficient (Wildman–Crippen LogP) is 4.98. The molecule has 0 bridgehead atoms. The van der Waals surface area contributed by atoms with E-state index in [2.05, 4.69) is 10.4 Å². The second-order valence-corrected chi connectivity index (χ2v) is 7.07. The first kappa shape index (κ1) is 19.3. The van der Waals surface area contributed by atoms with Crippen molar-refractivity contribution in [3.63, 3.8) is 0 Å². The summed E-state index contributed by atoms with van der Waals surface area (Å²) in [5.41, 5.74) is 3.20. The molecule has 0 spiro atoms. The molecular formula is C19H18ClN3O3S. The molecule has 1 heterocycles. The molecule has 2 aromatic rings. The van der Waals surface area contributed by atoms with Crippen LogP contribution in [-0.4, -0.2) is 34.4 Å². The largest absolute Gasteiger partial charge is 0.450 e. The Kier molecular flexibility index (Phi) is 6.36. The van der Waals surface area contributed by atoms with Crippen molar-refractivity contribution < 1.29 is 14.3 Å². The van der Waals surface area contributed by atoms with E-state index in [0.717, 1.165) is 16.8 Å². The number of hydrazone groups is 1. The van der Waals surface area contributed by atoms with Gasteiger partial charge in [-0.3, -0.25) is 10.1 Å². The molecule has 2 aromatic carbocycles. The third-order valence-electron chi connectivity index (χ3n) is 3.74. The summed E-state index contributed by atoms with van der Waals surface area (Å²) in [6.45, 7) is 2.35. The molecule has 0 unspecified atom stereocenters. The minimum Gasteiger partial charge on any atom is -0.450 e. The van der Waals surface area contributed by atoms with Gasteiger partial charge in [-0.1, -0.05) is 47.6 Å². The summed E-state index contributed by atoms with van der Waals surface area (Å²) in [6.07, 6.45) is -0.512. The fourth-order valence-electron chi connectivity index (χ4n) is 2.51. The fourth-order valence-corrected chi connectivity index (χ4v) is 3.37. The molecular weight excluding hydrogens is 386 g/mol. The van der Waals surface area contributed by atoms with Crippen molar-refractivity contribution in [2.75, 3.05) is 17.7 Å². The molecule has 1 aliphatic heterocycles. The van der Waals surface area contributed by atoms with E-state index in [1.54, 1.807) is 31.2 Å². The number of amides is 2. The van der Waals surface area contributed by atoms with Crippen molar-refractivity contribution in [2.24, 2.45) is 5.10 Å². The van der Waals surface area contributed by atoms with Gasteiger partial charge in [-0.2, -0.15) is 5.10 Å². The SMILES string of the molecule is CCOC(=O)Nc1cccc(CN2N=C(c3ccc(Cl)cc3)CSC2=O)c1. The van der Waals surface area contributed by atoms with Crippen LogP contribution in [-0.2, 0) is 11.3 Å². The summed E-state index contributed by atoms with van der Waals surface area (Å²) in [5, 5.41) is 9.13. The molecule has 0 aromatic heterocycles. The molecule has 0 saturated carbocycles. The van der Waals surface area contributed by atoms with Gasteiger partial charge in [-0.15, -0.1) is 0 Å². The number of carbonyl (C=O) groups is 2. The average Bonchev–Trinajstić information content (AvgIpc) is 2.65. The van der Waals surface area contributed by atoms with Crippen molar-refractivity contribution in [3.05, 3.63) is 64.7 Å². The molecule has 1 N–H and O–H groups in total. The summed E-state index contributed by atoms with van der Waals surface area (Å²) in [5.74, 6) is 0.515. The van der Waals surface area contributed by atoms with E-state index in [1.807, 2.05) is 24.3 Å². The van der Waals surface area contributed by atoms with Crippen LogP contribution in [0.3, 0.4) is 0 Å². The Labute approximate surface area is 166 Å². The topological polar surface area (TPSA) is 71.0 Å². The minimum atomic E-state index is -0.512. The van der Waals surface area contributed by atoms with Gasteiger partial charge in [0.2, 0.25) is 0 Å². The van der Waals surface area contributed by atoms with E-state index in [0.29, 0.717) is 29.6 Å². The van der Waals surface area contributed by atoms with Crippen LogP contribution in [0.1, 0.15) is 18.1 Å². The zero-order valence-corrected chi connectivity index (χ0v) is 16.2. The maximum absolute atomic E-state index is 12.2. The van der Waals surface area contributed by atoms with Gasteiger partial charge in [-0.05, 0) is 42.3 Å². The van der Waals surface area contributed by atoms with Gasteiger partial charge in [0.05, 0.1) is 18.9 Å². The summed E-state index contributed by atoms with van der Waals surface area (Å²) in [4.78, 5) is 23.8. The van der Waals surface area contributed by atoms with E-state index < -0.39 is 6.09 Å². The second-order valence-electron chi connectivity index (χ2n) is 5.71. The highest BCUT2D eigenvalue weighted by molar-refractivity contribution is 8.14. The maximum atomic E-state index is 12.2.